The number of benzene rings is 1. The van der Waals surface area contributed by atoms with E-state index in [2.05, 4.69) is 20.2 Å². The zero-order valence-electron chi connectivity index (χ0n) is 13.6. The number of furan rings is 1. The van der Waals surface area contributed by atoms with Crippen molar-refractivity contribution in [3.63, 3.8) is 0 Å². The van der Waals surface area contributed by atoms with Crippen LogP contribution in [0.3, 0.4) is 0 Å². The van der Waals surface area contributed by atoms with Gasteiger partial charge < -0.3 is 14.6 Å². The van der Waals surface area contributed by atoms with Gasteiger partial charge in [0.1, 0.15) is 0 Å². The van der Waals surface area contributed by atoms with Crippen molar-refractivity contribution >= 4 is 11.9 Å². The Hall–Kier alpha value is -3.15. The van der Waals surface area contributed by atoms with Crippen molar-refractivity contribution in [2.75, 3.05) is 18.0 Å². The number of amides is 1. The molecule has 1 N–H and O–H groups in total. The van der Waals surface area contributed by atoms with Gasteiger partial charge in [-0.25, -0.2) is 9.97 Å². The lowest BCUT2D eigenvalue weighted by molar-refractivity contribution is 0.0912. The van der Waals surface area contributed by atoms with E-state index in [-0.39, 0.29) is 11.9 Å². The van der Waals surface area contributed by atoms with E-state index in [9.17, 15) is 4.79 Å². The number of carbonyl (C=O) groups is 1. The fourth-order valence-electron chi connectivity index (χ4n) is 2.99. The van der Waals surface area contributed by atoms with E-state index in [1.54, 1.807) is 18.3 Å². The smallest absolute Gasteiger partial charge is 0.287 e. The number of hydrogen-bond donors (Lipinski definition) is 1. The molecule has 0 bridgehead atoms. The number of nitrogens with one attached hydrogen (secondary N) is 1. The van der Waals surface area contributed by atoms with Gasteiger partial charge in [-0.1, -0.05) is 30.3 Å². The first-order chi connectivity index (χ1) is 12.3. The van der Waals surface area contributed by atoms with Gasteiger partial charge in [-0.05, 0) is 24.6 Å². The Balaban J connectivity index is 1.44. The highest BCUT2D eigenvalue weighted by molar-refractivity contribution is 5.91. The molecule has 126 valence electrons. The monoisotopic (exact) mass is 334 g/mol. The summed E-state index contributed by atoms with van der Waals surface area (Å²) in [5, 5.41) is 3.00. The van der Waals surface area contributed by atoms with E-state index in [0.29, 0.717) is 18.3 Å². The summed E-state index contributed by atoms with van der Waals surface area (Å²) in [5.74, 6) is 0.840. The molecule has 0 aliphatic carbocycles. The molecular formula is C19H18N4O2. The molecule has 1 aliphatic heterocycles. The van der Waals surface area contributed by atoms with Gasteiger partial charge in [-0.15, -0.1) is 0 Å². The normalized spacial score (nSPS) is 16.8. The average Bonchev–Trinajstić information content (AvgIpc) is 3.35. The minimum Gasteiger partial charge on any atom is -0.459 e. The molecule has 0 spiro atoms. The molecule has 3 heterocycles. The van der Waals surface area contributed by atoms with Crippen molar-refractivity contribution in [1.82, 2.24) is 15.3 Å². The number of aromatic nitrogens is 2. The standard InChI is InChI=1S/C19H18N4O2/c24-18(17-7-4-12-25-17)21-15-9-11-23(13-15)19-20-10-8-16(22-19)14-5-2-1-3-6-14/h1-8,10,12,15H,9,11,13H2,(H,21,24). The molecule has 25 heavy (non-hydrogen) atoms. The molecule has 0 radical (unpaired) electrons. The van der Waals surface area contributed by atoms with Gasteiger partial charge in [0.2, 0.25) is 5.95 Å². The van der Waals surface area contributed by atoms with Gasteiger partial charge in [0.25, 0.3) is 5.91 Å². The summed E-state index contributed by atoms with van der Waals surface area (Å²) in [4.78, 5) is 23.3. The Labute approximate surface area is 145 Å². The summed E-state index contributed by atoms with van der Waals surface area (Å²) in [6.07, 6.45) is 4.13. The SMILES string of the molecule is O=C(NC1CCN(c2nccc(-c3ccccc3)n2)C1)c1ccco1. The van der Waals surface area contributed by atoms with Crippen molar-refractivity contribution in [1.29, 1.82) is 0 Å². The molecule has 3 aromatic rings. The summed E-state index contributed by atoms with van der Waals surface area (Å²) >= 11 is 0. The number of anilines is 1. The first kappa shape index (κ1) is 15.4. The van der Waals surface area contributed by atoms with Crippen LogP contribution in [0.15, 0.2) is 65.4 Å². The van der Waals surface area contributed by atoms with Crippen LogP contribution in [0.1, 0.15) is 17.0 Å². The number of hydrogen-bond acceptors (Lipinski definition) is 5. The molecule has 1 aromatic carbocycles. The van der Waals surface area contributed by atoms with Crippen molar-refractivity contribution in [2.45, 2.75) is 12.5 Å². The zero-order valence-corrected chi connectivity index (χ0v) is 13.6. The Morgan fingerprint density at radius 1 is 1.16 bits per heavy atom. The lowest BCUT2D eigenvalue weighted by atomic mass is 10.1. The second-order valence-electron chi connectivity index (χ2n) is 5.99. The highest BCUT2D eigenvalue weighted by Gasteiger charge is 2.26. The second kappa shape index (κ2) is 6.76. The van der Waals surface area contributed by atoms with E-state index in [1.807, 2.05) is 36.4 Å². The van der Waals surface area contributed by atoms with Gasteiger partial charge in [-0.2, -0.15) is 0 Å². The van der Waals surface area contributed by atoms with Crippen LogP contribution >= 0.6 is 0 Å². The lowest BCUT2D eigenvalue weighted by Gasteiger charge is -2.17. The summed E-state index contributed by atoms with van der Waals surface area (Å²) in [6, 6.07) is 15.4. The van der Waals surface area contributed by atoms with Crippen molar-refractivity contribution in [3.8, 4) is 11.3 Å². The van der Waals surface area contributed by atoms with Crippen LogP contribution in [0.5, 0.6) is 0 Å². The third-order valence-electron chi connectivity index (χ3n) is 4.26. The topological polar surface area (TPSA) is 71.3 Å². The maximum atomic E-state index is 12.1. The molecule has 1 amide bonds. The second-order valence-corrected chi connectivity index (χ2v) is 5.99. The van der Waals surface area contributed by atoms with E-state index in [1.165, 1.54) is 6.26 Å². The minimum absolute atomic E-state index is 0.0570. The molecule has 1 aliphatic rings. The molecule has 1 unspecified atom stereocenters. The van der Waals surface area contributed by atoms with Crippen LogP contribution in [0.4, 0.5) is 5.95 Å². The maximum Gasteiger partial charge on any atom is 0.287 e. The first-order valence-electron chi connectivity index (χ1n) is 8.27. The van der Waals surface area contributed by atoms with Crippen LogP contribution in [-0.4, -0.2) is 35.0 Å². The molecule has 2 aromatic heterocycles. The Morgan fingerprint density at radius 3 is 2.84 bits per heavy atom. The van der Waals surface area contributed by atoms with Crippen molar-refractivity contribution in [2.24, 2.45) is 0 Å². The molecular weight excluding hydrogens is 316 g/mol. The van der Waals surface area contributed by atoms with E-state index < -0.39 is 0 Å². The predicted octanol–water partition coefficient (Wildman–Crippen LogP) is 2.75. The van der Waals surface area contributed by atoms with Gasteiger partial charge >= 0.3 is 0 Å². The van der Waals surface area contributed by atoms with Crippen LogP contribution < -0.4 is 10.2 Å². The largest absolute Gasteiger partial charge is 0.459 e. The first-order valence-corrected chi connectivity index (χ1v) is 8.27. The van der Waals surface area contributed by atoms with Crippen molar-refractivity contribution in [3.05, 3.63) is 66.8 Å². The van der Waals surface area contributed by atoms with Gasteiger partial charge in [0.05, 0.1) is 12.0 Å². The summed E-state index contributed by atoms with van der Waals surface area (Å²) in [6.45, 7) is 1.49. The number of nitrogens with zero attached hydrogens (tertiary/aromatic N) is 3. The molecule has 1 saturated heterocycles. The van der Waals surface area contributed by atoms with Crippen LogP contribution in [-0.2, 0) is 0 Å². The minimum atomic E-state index is -0.184. The van der Waals surface area contributed by atoms with Gasteiger partial charge in [0.15, 0.2) is 5.76 Å². The molecule has 4 rings (SSSR count). The Morgan fingerprint density at radius 2 is 2.04 bits per heavy atom. The molecule has 1 atom stereocenters. The fourth-order valence-corrected chi connectivity index (χ4v) is 2.99. The van der Waals surface area contributed by atoms with E-state index >= 15 is 0 Å². The quantitative estimate of drug-likeness (QED) is 0.794. The van der Waals surface area contributed by atoms with E-state index in [4.69, 9.17) is 4.42 Å². The molecule has 0 saturated carbocycles. The molecule has 1 fully saturated rings. The van der Waals surface area contributed by atoms with Crippen molar-refractivity contribution < 1.29 is 9.21 Å². The van der Waals surface area contributed by atoms with Gasteiger partial charge in [-0.3, -0.25) is 4.79 Å². The Kier molecular flexibility index (Phi) is 4.16. The molecule has 6 nitrogen and oxygen atoms in total. The Bertz CT molecular complexity index is 849. The third-order valence-corrected chi connectivity index (χ3v) is 4.26. The summed E-state index contributed by atoms with van der Waals surface area (Å²) < 4.78 is 5.13. The fraction of sp³-hybridized carbons (Fsp3) is 0.211. The average molecular weight is 334 g/mol. The molecule has 6 heteroatoms. The number of rotatable bonds is 4. The predicted molar refractivity (Wildman–Crippen MR) is 94.3 cm³/mol. The highest BCUT2D eigenvalue weighted by Crippen LogP contribution is 2.21. The lowest BCUT2D eigenvalue weighted by Crippen LogP contribution is -2.37. The van der Waals surface area contributed by atoms with Gasteiger partial charge in [0, 0.05) is 30.9 Å². The highest BCUT2D eigenvalue weighted by atomic mass is 16.3. The maximum absolute atomic E-state index is 12.1. The number of carbonyl (C=O) groups excluding carboxylic acids is 1. The van der Waals surface area contributed by atoms with Crippen LogP contribution in [0.25, 0.3) is 11.3 Å². The third kappa shape index (κ3) is 3.38. The van der Waals surface area contributed by atoms with E-state index in [0.717, 1.165) is 24.2 Å². The summed E-state index contributed by atoms with van der Waals surface area (Å²) in [7, 11) is 0. The summed E-state index contributed by atoms with van der Waals surface area (Å²) in [5.41, 5.74) is 1.96. The zero-order chi connectivity index (χ0) is 17.1. The van der Waals surface area contributed by atoms with Crippen LogP contribution in [0.2, 0.25) is 0 Å². The van der Waals surface area contributed by atoms with Crippen LogP contribution in [0, 0.1) is 0 Å².